The number of halogens is 3. The Morgan fingerprint density at radius 2 is 1.54 bits per heavy atom. The molecule has 0 aromatic heterocycles. The number of hydrogen-bond acceptors (Lipinski definition) is 1. The molecule has 0 bridgehead atoms. The number of benzene rings is 2. The van der Waals surface area contributed by atoms with Crippen LogP contribution < -0.4 is 0 Å². The van der Waals surface area contributed by atoms with E-state index in [4.69, 9.17) is 5.11 Å². The van der Waals surface area contributed by atoms with E-state index in [1.165, 1.54) is 12.1 Å². The Kier molecular flexibility index (Phi) is 5.30. The molecule has 0 heterocycles. The molecule has 0 amide bonds. The van der Waals surface area contributed by atoms with Crippen LogP contribution in [0, 0.1) is 11.8 Å². The average molecular weight is 332 g/mol. The zero-order valence-electron chi connectivity index (χ0n) is 12.9. The van der Waals surface area contributed by atoms with Crippen LogP contribution in [0.4, 0.5) is 13.2 Å². The summed E-state index contributed by atoms with van der Waals surface area (Å²) in [6.07, 6.45) is -4.45. The van der Waals surface area contributed by atoms with Gasteiger partial charge >= 0.3 is 12.1 Å². The van der Waals surface area contributed by atoms with Gasteiger partial charge in [-0.15, -0.1) is 5.92 Å². The highest BCUT2D eigenvalue weighted by atomic mass is 19.4. The van der Waals surface area contributed by atoms with Crippen LogP contribution >= 0.6 is 0 Å². The van der Waals surface area contributed by atoms with Crippen LogP contribution in [0.25, 0.3) is 11.1 Å². The fraction of sp³-hybridized carbons (Fsp3) is 0.211. The van der Waals surface area contributed by atoms with E-state index >= 15 is 0 Å². The summed E-state index contributed by atoms with van der Waals surface area (Å²) in [6, 6.07) is 11.9. The third-order valence-corrected chi connectivity index (χ3v) is 3.56. The molecule has 5 heteroatoms. The summed E-state index contributed by atoms with van der Waals surface area (Å²) >= 11 is 0. The maximum atomic E-state index is 12.6. The van der Waals surface area contributed by atoms with Crippen LogP contribution in [-0.2, 0) is 11.0 Å². The third-order valence-electron chi connectivity index (χ3n) is 3.56. The SMILES string of the molecule is CC#C[C@@H](CC(=O)O)c1ccc(-c2ccc(C(F)(F)F)cc2)cc1. The first-order chi connectivity index (χ1) is 11.3. The van der Waals surface area contributed by atoms with Gasteiger partial charge in [0, 0.05) is 0 Å². The predicted molar refractivity (Wildman–Crippen MR) is 85.3 cm³/mol. The molecule has 24 heavy (non-hydrogen) atoms. The second-order valence-electron chi connectivity index (χ2n) is 5.24. The Bertz CT molecular complexity index is 763. The summed E-state index contributed by atoms with van der Waals surface area (Å²) < 4.78 is 37.7. The van der Waals surface area contributed by atoms with Crippen molar-refractivity contribution in [2.24, 2.45) is 0 Å². The maximum Gasteiger partial charge on any atom is 0.416 e. The van der Waals surface area contributed by atoms with Crippen molar-refractivity contribution in [3.8, 4) is 23.0 Å². The minimum Gasteiger partial charge on any atom is -0.481 e. The average Bonchev–Trinajstić information content (AvgIpc) is 2.54. The van der Waals surface area contributed by atoms with Crippen molar-refractivity contribution < 1.29 is 23.1 Å². The van der Waals surface area contributed by atoms with Crippen molar-refractivity contribution in [1.82, 2.24) is 0 Å². The van der Waals surface area contributed by atoms with E-state index in [-0.39, 0.29) is 6.42 Å². The van der Waals surface area contributed by atoms with E-state index < -0.39 is 23.6 Å². The van der Waals surface area contributed by atoms with Gasteiger partial charge in [-0.2, -0.15) is 13.2 Å². The molecule has 1 N–H and O–H groups in total. The van der Waals surface area contributed by atoms with E-state index in [1.807, 2.05) is 0 Å². The highest BCUT2D eigenvalue weighted by molar-refractivity contribution is 5.69. The van der Waals surface area contributed by atoms with Gasteiger partial charge in [-0.3, -0.25) is 4.79 Å². The normalized spacial score (nSPS) is 12.2. The summed E-state index contributed by atoms with van der Waals surface area (Å²) in [5.74, 6) is 4.23. The molecule has 0 fully saturated rings. The fourth-order valence-electron chi connectivity index (χ4n) is 2.36. The smallest absolute Gasteiger partial charge is 0.416 e. The molecule has 0 saturated heterocycles. The van der Waals surface area contributed by atoms with Crippen molar-refractivity contribution >= 4 is 5.97 Å². The zero-order valence-corrected chi connectivity index (χ0v) is 12.9. The monoisotopic (exact) mass is 332 g/mol. The van der Waals surface area contributed by atoms with Crippen molar-refractivity contribution in [1.29, 1.82) is 0 Å². The molecular weight excluding hydrogens is 317 g/mol. The van der Waals surface area contributed by atoms with E-state index in [0.29, 0.717) is 5.56 Å². The lowest BCUT2D eigenvalue weighted by atomic mass is 9.94. The topological polar surface area (TPSA) is 37.3 Å². The Hall–Kier alpha value is -2.74. The van der Waals surface area contributed by atoms with Gasteiger partial charge < -0.3 is 5.11 Å². The van der Waals surface area contributed by atoms with Gasteiger partial charge in [-0.05, 0) is 35.7 Å². The van der Waals surface area contributed by atoms with E-state index in [9.17, 15) is 18.0 Å². The van der Waals surface area contributed by atoms with Crippen LogP contribution in [0.5, 0.6) is 0 Å². The minimum atomic E-state index is -4.36. The Morgan fingerprint density at radius 3 is 1.96 bits per heavy atom. The fourth-order valence-corrected chi connectivity index (χ4v) is 2.36. The highest BCUT2D eigenvalue weighted by Crippen LogP contribution is 2.31. The van der Waals surface area contributed by atoms with Gasteiger partial charge in [0.05, 0.1) is 17.9 Å². The number of rotatable bonds is 4. The van der Waals surface area contributed by atoms with Gasteiger partial charge in [0.15, 0.2) is 0 Å². The molecule has 0 saturated carbocycles. The molecule has 0 spiro atoms. The quantitative estimate of drug-likeness (QED) is 0.804. The number of alkyl halides is 3. The predicted octanol–water partition coefficient (Wildman–Crippen LogP) is 4.95. The molecule has 2 nitrogen and oxygen atoms in total. The molecule has 1 atom stereocenters. The van der Waals surface area contributed by atoms with Crippen LogP contribution in [0.15, 0.2) is 48.5 Å². The molecule has 124 valence electrons. The first kappa shape index (κ1) is 17.6. The van der Waals surface area contributed by atoms with E-state index in [2.05, 4.69) is 11.8 Å². The molecule has 2 aromatic carbocycles. The lowest BCUT2D eigenvalue weighted by molar-refractivity contribution is -0.138. The standard InChI is InChI=1S/C19H15F3O2/c1-2-3-16(12-18(23)24)15-6-4-13(5-7-15)14-8-10-17(11-9-14)19(20,21)22/h4-11,16H,12H2,1H3,(H,23,24)/t16-/m0/s1. The second kappa shape index (κ2) is 7.22. The highest BCUT2D eigenvalue weighted by Gasteiger charge is 2.29. The van der Waals surface area contributed by atoms with Crippen LogP contribution in [0.2, 0.25) is 0 Å². The minimum absolute atomic E-state index is 0.0968. The summed E-state index contributed by atoms with van der Waals surface area (Å²) in [5.41, 5.74) is 1.49. The van der Waals surface area contributed by atoms with Gasteiger partial charge in [0.2, 0.25) is 0 Å². The van der Waals surface area contributed by atoms with Gasteiger partial charge in [-0.1, -0.05) is 42.3 Å². The molecule has 0 unspecified atom stereocenters. The molecule has 2 rings (SSSR count). The van der Waals surface area contributed by atoms with Crippen LogP contribution in [-0.4, -0.2) is 11.1 Å². The molecular formula is C19H15F3O2. The van der Waals surface area contributed by atoms with Crippen molar-refractivity contribution in [2.45, 2.75) is 25.4 Å². The molecule has 0 aliphatic carbocycles. The molecule has 0 radical (unpaired) electrons. The largest absolute Gasteiger partial charge is 0.481 e. The molecule has 2 aromatic rings. The second-order valence-corrected chi connectivity index (χ2v) is 5.24. The summed E-state index contributed by atoms with van der Waals surface area (Å²) in [7, 11) is 0. The summed E-state index contributed by atoms with van der Waals surface area (Å²) in [5, 5.41) is 8.94. The number of hydrogen-bond donors (Lipinski definition) is 1. The van der Waals surface area contributed by atoms with Gasteiger partial charge in [-0.25, -0.2) is 0 Å². The lowest BCUT2D eigenvalue weighted by Gasteiger charge is -2.11. The van der Waals surface area contributed by atoms with Crippen molar-refractivity contribution in [3.05, 3.63) is 59.7 Å². The Balaban J connectivity index is 2.24. The number of carboxylic acid groups (broad SMARTS) is 1. The maximum absolute atomic E-state index is 12.6. The lowest BCUT2D eigenvalue weighted by Crippen LogP contribution is -2.04. The Labute approximate surface area is 137 Å². The van der Waals surface area contributed by atoms with Crippen LogP contribution in [0.1, 0.15) is 30.4 Å². The van der Waals surface area contributed by atoms with E-state index in [1.54, 1.807) is 31.2 Å². The first-order valence-electron chi connectivity index (χ1n) is 7.23. The van der Waals surface area contributed by atoms with Crippen LogP contribution in [0.3, 0.4) is 0 Å². The first-order valence-corrected chi connectivity index (χ1v) is 7.23. The van der Waals surface area contributed by atoms with Crippen molar-refractivity contribution in [2.75, 3.05) is 0 Å². The summed E-state index contributed by atoms with van der Waals surface area (Å²) in [6.45, 7) is 1.64. The Morgan fingerprint density at radius 1 is 1.04 bits per heavy atom. The molecule has 0 aliphatic rings. The zero-order chi connectivity index (χ0) is 17.7. The van der Waals surface area contributed by atoms with Gasteiger partial charge in [0.25, 0.3) is 0 Å². The number of carboxylic acids is 1. The summed E-state index contributed by atoms with van der Waals surface area (Å²) in [4.78, 5) is 10.9. The van der Waals surface area contributed by atoms with Gasteiger partial charge in [0.1, 0.15) is 0 Å². The van der Waals surface area contributed by atoms with Crippen molar-refractivity contribution in [3.63, 3.8) is 0 Å². The van der Waals surface area contributed by atoms with E-state index in [0.717, 1.165) is 23.3 Å². The third kappa shape index (κ3) is 4.39. The number of aliphatic carboxylic acids is 1. The molecule has 0 aliphatic heterocycles. The number of carbonyl (C=O) groups is 1.